The van der Waals surface area contributed by atoms with E-state index in [1.807, 2.05) is 18.7 Å². The Bertz CT molecular complexity index is 877. The van der Waals surface area contributed by atoms with Crippen molar-refractivity contribution in [3.63, 3.8) is 0 Å². The van der Waals surface area contributed by atoms with E-state index in [1.54, 1.807) is 6.92 Å². The molecule has 0 aromatic carbocycles. The fraction of sp³-hybridized carbons (Fsp3) is 0.600. The topological polar surface area (TPSA) is 75.4 Å². The zero-order chi connectivity index (χ0) is 19.2. The van der Waals surface area contributed by atoms with E-state index >= 15 is 0 Å². The van der Waals surface area contributed by atoms with Gasteiger partial charge >= 0.3 is 0 Å². The third-order valence-corrected chi connectivity index (χ3v) is 6.11. The Balaban J connectivity index is 1.54. The van der Waals surface area contributed by atoms with E-state index in [1.165, 1.54) is 6.39 Å². The molecular formula is C20H27N5O2. The van der Waals surface area contributed by atoms with Gasteiger partial charge in [0.25, 0.3) is 5.91 Å². The third kappa shape index (κ3) is 3.19. The first-order valence-electron chi connectivity index (χ1n) is 9.65. The number of aromatic nitrogens is 3. The minimum absolute atomic E-state index is 0.0137. The molecule has 7 nitrogen and oxygen atoms in total. The fourth-order valence-corrected chi connectivity index (χ4v) is 4.55. The van der Waals surface area contributed by atoms with Crippen LogP contribution in [0.4, 0.5) is 5.82 Å². The lowest BCUT2D eigenvalue weighted by atomic mass is 9.79. The van der Waals surface area contributed by atoms with Crippen LogP contribution in [0.25, 0.3) is 0 Å². The van der Waals surface area contributed by atoms with Crippen molar-refractivity contribution in [1.29, 1.82) is 0 Å². The Morgan fingerprint density at radius 3 is 2.67 bits per heavy atom. The summed E-state index contributed by atoms with van der Waals surface area (Å²) in [7, 11) is 0. The van der Waals surface area contributed by atoms with Gasteiger partial charge in [-0.25, -0.2) is 15.0 Å². The number of piperidine rings is 1. The molecule has 2 aliphatic rings. The molecule has 0 radical (unpaired) electrons. The van der Waals surface area contributed by atoms with Gasteiger partial charge in [0.1, 0.15) is 17.4 Å². The van der Waals surface area contributed by atoms with Crippen LogP contribution in [-0.4, -0.2) is 51.9 Å². The zero-order valence-electron chi connectivity index (χ0n) is 16.6. The molecule has 27 heavy (non-hydrogen) atoms. The van der Waals surface area contributed by atoms with Crippen molar-refractivity contribution >= 4 is 11.7 Å². The summed E-state index contributed by atoms with van der Waals surface area (Å²) in [6.45, 7) is 11.4. The molecule has 2 aromatic rings. The SMILES string of the molecule is Cc1nc(C)c(C)c(N2CCCC3(CCN(C(=O)c4ncoc4C)C3)C2)n1. The normalized spacial score (nSPS) is 22.7. The molecule has 1 atom stereocenters. The Hall–Kier alpha value is -2.44. The molecule has 0 bridgehead atoms. The van der Waals surface area contributed by atoms with Crippen molar-refractivity contribution in [2.24, 2.45) is 5.41 Å². The van der Waals surface area contributed by atoms with Gasteiger partial charge in [0.05, 0.1) is 0 Å². The molecule has 1 amide bonds. The lowest BCUT2D eigenvalue weighted by molar-refractivity contribution is 0.0760. The minimum atomic E-state index is -0.0137. The predicted octanol–water partition coefficient (Wildman–Crippen LogP) is 2.83. The zero-order valence-corrected chi connectivity index (χ0v) is 16.6. The molecular weight excluding hydrogens is 342 g/mol. The number of carbonyl (C=O) groups excluding carboxylic acids is 1. The molecule has 0 saturated carbocycles. The van der Waals surface area contributed by atoms with Crippen LogP contribution in [-0.2, 0) is 0 Å². The molecule has 1 unspecified atom stereocenters. The number of nitrogens with zero attached hydrogens (tertiary/aromatic N) is 5. The average molecular weight is 369 g/mol. The summed E-state index contributed by atoms with van der Waals surface area (Å²) in [5, 5.41) is 0. The number of oxazole rings is 1. The van der Waals surface area contributed by atoms with Crippen molar-refractivity contribution < 1.29 is 9.21 Å². The number of likely N-dealkylation sites (tertiary alicyclic amines) is 1. The summed E-state index contributed by atoms with van der Waals surface area (Å²) >= 11 is 0. The van der Waals surface area contributed by atoms with E-state index in [9.17, 15) is 4.79 Å². The number of hydrogen-bond acceptors (Lipinski definition) is 6. The molecule has 4 rings (SSSR count). The average Bonchev–Trinajstić information content (AvgIpc) is 3.24. The molecule has 4 heterocycles. The van der Waals surface area contributed by atoms with Gasteiger partial charge in [-0.15, -0.1) is 0 Å². The van der Waals surface area contributed by atoms with E-state index in [0.717, 1.165) is 68.3 Å². The molecule has 0 N–H and O–H groups in total. The van der Waals surface area contributed by atoms with Crippen LogP contribution < -0.4 is 4.90 Å². The van der Waals surface area contributed by atoms with Gasteiger partial charge in [0, 0.05) is 42.9 Å². The van der Waals surface area contributed by atoms with Crippen molar-refractivity contribution in [3.8, 4) is 0 Å². The maximum Gasteiger partial charge on any atom is 0.276 e. The predicted molar refractivity (Wildman–Crippen MR) is 102 cm³/mol. The number of rotatable bonds is 2. The second-order valence-corrected chi connectivity index (χ2v) is 8.06. The summed E-state index contributed by atoms with van der Waals surface area (Å²) in [5.41, 5.74) is 2.77. The third-order valence-electron chi connectivity index (χ3n) is 6.11. The van der Waals surface area contributed by atoms with Crippen LogP contribution in [0, 0.1) is 33.1 Å². The van der Waals surface area contributed by atoms with Crippen LogP contribution in [0.3, 0.4) is 0 Å². The first kappa shape index (κ1) is 17.9. The van der Waals surface area contributed by atoms with Crippen molar-refractivity contribution in [1.82, 2.24) is 19.9 Å². The summed E-state index contributed by atoms with van der Waals surface area (Å²) in [6, 6.07) is 0. The highest BCUT2D eigenvalue weighted by Crippen LogP contribution is 2.41. The van der Waals surface area contributed by atoms with Crippen LogP contribution in [0.5, 0.6) is 0 Å². The van der Waals surface area contributed by atoms with Crippen molar-refractivity contribution in [2.45, 2.75) is 47.0 Å². The molecule has 1 spiro atoms. The largest absolute Gasteiger partial charge is 0.448 e. The van der Waals surface area contributed by atoms with Crippen LogP contribution >= 0.6 is 0 Å². The van der Waals surface area contributed by atoms with E-state index in [0.29, 0.717) is 11.5 Å². The van der Waals surface area contributed by atoms with Gasteiger partial charge in [-0.05, 0) is 47.0 Å². The molecule has 0 aliphatic carbocycles. The fourth-order valence-electron chi connectivity index (χ4n) is 4.55. The molecule has 144 valence electrons. The summed E-state index contributed by atoms with van der Waals surface area (Å²) < 4.78 is 5.21. The standard InChI is InChI=1S/C20H27N5O2/c1-13-14(2)22-16(4)23-18(13)24-8-5-6-20(10-24)7-9-25(11-20)19(26)17-15(3)27-12-21-17/h12H,5-11H2,1-4H3. The number of amides is 1. The van der Waals surface area contributed by atoms with Crippen molar-refractivity contribution in [2.75, 3.05) is 31.1 Å². The Kier molecular flexibility index (Phi) is 4.40. The highest BCUT2D eigenvalue weighted by Gasteiger charge is 2.44. The monoisotopic (exact) mass is 369 g/mol. The highest BCUT2D eigenvalue weighted by atomic mass is 16.3. The second-order valence-electron chi connectivity index (χ2n) is 8.06. The van der Waals surface area contributed by atoms with E-state index in [4.69, 9.17) is 9.40 Å². The van der Waals surface area contributed by atoms with Crippen LogP contribution in [0.2, 0.25) is 0 Å². The number of hydrogen-bond donors (Lipinski definition) is 0. The summed E-state index contributed by atoms with van der Waals surface area (Å²) in [5.74, 6) is 2.45. The van der Waals surface area contributed by atoms with Gasteiger partial charge in [-0.1, -0.05) is 0 Å². The smallest absolute Gasteiger partial charge is 0.276 e. The summed E-state index contributed by atoms with van der Waals surface area (Å²) in [4.78, 5) is 30.5. The summed E-state index contributed by atoms with van der Waals surface area (Å²) in [6.07, 6.45) is 4.63. The molecule has 2 saturated heterocycles. The van der Waals surface area contributed by atoms with Gasteiger partial charge in [-0.3, -0.25) is 4.79 Å². The van der Waals surface area contributed by atoms with E-state index < -0.39 is 0 Å². The van der Waals surface area contributed by atoms with Gasteiger partial charge in [0.2, 0.25) is 0 Å². The second kappa shape index (κ2) is 6.62. The highest BCUT2D eigenvalue weighted by molar-refractivity contribution is 5.93. The maximum absolute atomic E-state index is 12.8. The molecule has 7 heteroatoms. The van der Waals surface area contributed by atoms with E-state index in [2.05, 4.69) is 21.8 Å². The van der Waals surface area contributed by atoms with Crippen LogP contribution in [0.1, 0.15) is 52.6 Å². The first-order valence-corrected chi connectivity index (χ1v) is 9.65. The minimum Gasteiger partial charge on any atom is -0.448 e. The molecule has 2 fully saturated rings. The Morgan fingerprint density at radius 2 is 1.93 bits per heavy atom. The number of aryl methyl sites for hydroxylation is 3. The van der Waals surface area contributed by atoms with Gasteiger partial charge in [0.15, 0.2) is 12.1 Å². The Labute approximate surface area is 159 Å². The maximum atomic E-state index is 12.8. The molecule has 2 aromatic heterocycles. The van der Waals surface area contributed by atoms with Gasteiger partial charge in [-0.2, -0.15) is 0 Å². The molecule has 2 aliphatic heterocycles. The van der Waals surface area contributed by atoms with Crippen LogP contribution in [0.15, 0.2) is 10.8 Å². The number of carbonyl (C=O) groups is 1. The lowest BCUT2D eigenvalue weighted by Gasteiger charge is -2.41. The van der Waals surface area contributed by atoms with Crippen molar-refractivity contribution in [3.05, 3.63) is 34.9 Å². The Morgan fingerprint density at radius 1 is 1.11 bits per heavy atom. The lowest BCUT2D eigenvalue weighted by Crippen LogP contribution is -2.46. The first-order chi connectivity index (χ1) is 12.9. The van der Waals surface area contributed by atoms with E-state index in [-0.39, 0.29) is 11.3 Å². The van der Waals surface area contributed by atoms with Gasteiger partial charge < -0.3 is 14.2 Å². The number of anilines is 1. The quantitative estimate of drug-likeness (QED) is 0.810.